The molecule has 2 aliphatic rings. The monoisotopic (exact) mass is 184 g/mol. The molecule has 0 saturated carbocycles. The van der Waals surface area contributed by atoms with Crippen LogP contribution < -0.4 is 0 Å². The van der Waals surface area contributed by atoms with Gasteiger partial charge in [0.15, 0.2) is 0 Å². The summed E-state index contributed by atoms with van der Waals surface area (Å²) in [4.78, 5) is 0. The molecule has 2 aliphatic heterocycles. The molecule has 2 fully saturated rings. The van der Waals surface area contributed by atoms with Gasteiger partial charge < -0.3 is 9.84 Å². The molecular formula is C11H20O2. The Morgan fingerprint density at radius 1 is 1.46 bits per heavy atom. The number of fused-ring (bicyclic) bond motifs is 2. The second-order valence-electron chi connectivity index (χ2n) is 4.66. The van der Waals surface area contributed by atoms with E-state index in [0.717, 1.165) is 32.1 Å². The summed E-state index contributed by atoms with van der Waals surface area (Å²) >= 11 is 0. The molecule has 0 spiro atoms. The largest absolute Gasteiger partial charge is 0.387 e. The standard InChI is InChI=1S/C11H20O2/c1-3-8(2)11(12)7-6-9-4-5-10(11)13-9/h8-10,12H,3-7H2,1-2H3. The average Bonchev–Trinajstić information content (AvgIpc) is 2.56. The van der Waals surface area contributed by atoms with Gasteiger partial charge in [0.05, 0.1) is 17.8 Å². The highest BCUT2D eigenvalue weighted by molar-refractivity contribution is 4.99. The summed E-state index contributed by atoms with van der Waals surface area (Å²) < 4.78 is 5.79. The molecule has 0 amide bonds. The number of ether oxygens (including phenoxy) is 1. The molecule has 13 heavy (non-hydrogen) atoms. The minimum absolute atomic E-state index is 0.126. The van der Waals surface area contributed by atoms with Gasteiger partial charge in [-0.25, -0.2) is 0 Å². The smallest absolute Gasteiger partial charge is 0.0934 e. The molecule has 0 aromatic rings. The molecule has 4 atom stereocenters. The van der Waals surface area contributed by atoms with Crippen LogP contribution in [0.5, 0.6) is 0 Å². The molecule has 4 unspecified atom stereocenters. The summed E-state index contributed by atoms with van der Waals surface area (Å²) in [7, 11) is 0. The van der Waals surface area contributed by atoms with E-state index in [1.54, 1.807) is 0 Å². The molecule has 0 aromatic carbocycles. The zero-order valence-electron chi connectivity index (χ0n) is 8.62. The van der Waals surface area contributed by atoms with Gasteiger partial charge in [-0.15, -0.1) is 0 Å². The fraction of sp³-hybridized carbons (Fsp3) is 1.00. The Kier molecular flexibility index (Phi) is 2.37. The van der Waals surface area contributed by atoms with Gasteiger partial charge in [-0.2, -0.15) is 0 Å². The van der Waals surface area contributed by atoms with E-state index in [1.165, 1.54) is 0 Å². The van der Waals surface area contributed by atoms with Crippen molar-refractivity contribution in [2.24, 2.45) is 5.92 Å². The van der Waals surface area contributed by atoms with E-state index < -0.39 is 5.60 Å². The van der Waals surface area contributed by atoms with Crippen LogP contribution >= 0.6 is 0 Å². The summed E-state index contributed by atoms with van der Waals surface area (Å²) in [5, 5.41) is 10.5. The van der Waals surface area contributed by atoms with Crippen LogP contribution in [0.3, 0.4) is 0 Å². The van der Waals surface area contributed by atoms with E-state index in [2.05, 4.69) is 13.8 Å². The molecule has 1 N–H and O–H groups in total. The second kappa shape index (κ2) is 3.25. The Morgan fingerprint density at radius 2 is 2.23 bits per heavy atom. The lowest BCUT2D eigenvalue weighted by atomic mass is 9.78. The van der Waals surface area contributed by atoms with Gasteiger partial charge in [-0.05, 0) is 31.6 Å². The van der Waals surface area contributed by atoms with Gasteiger partial charge in [0.1, 0.15) is 0 Å². The molecule has 2 heterocycles. The second-order valence-corrected chi connectivity index (χ2v) is 4.66. The Labute approximate surface area is 80.3 Å². The molecule has 2 nitrogen and oxygen atoms in total. The summed E-state index contributed by atoms with van der Waals surface area (Å²) in [5.41, 5.74) is -0.526. The molecule has 2 rings (SSSR count). The van der Waals surface area contributed by atoms with Crippen LogP contribution in [-0.4, -0.2) is 22.9 Å². The zero-order chi connectivity index (χ0) is 9.47. The minimum atomic E-state index is -0.526. The molecule has 0 radical (unpaired) electrons. The van der Waals surface area contributed by atoms with Crippen LogP contribution in [0.15, 0.2) is 0 Å². The third-order valence-electron chi connectivity index (χ3n) is 4.00. The van der Waals surface area contributed by atoms with Gasteiger partial charge in [-0.1, -0.05) is 20.3 Å². The lowest BCUT2D eigenvalue weighted by molar-refractivity contribution is -0.168. The van der Waals surface area contributed by atoms with Crippen LogP contribution in [0.2, 0.25) is 0 Å². The van der Waals surface area contributed by atoms with Gasteiger partial charge in [0, 0.05) is 0 Å². The van der Waals surface area contributed by atoms with Crippen LogP contribution in [0.1, 0.15) is 46.0 Å². The van der Waals surface area contributed by atoms with Gasteiger partial charge in [-0.3, -0.25) is 0 Å². The molecule has 2 heteroatoms. The van der Waals surface area contributed by atoms with Crippen molar-refractivity contribution < 1.29 is 9.84 Å². The van der Waals surface area contributed by atoms with Crippen molar-refractivity contribution in [3.05, 3.63) is 0 Å². The van der Waals surface area contributed by atoms with Gasteiger partial charge in [0.2, 0.25) is 0 Å². The van der Waals surface area contributed by atoms with Gasteiger partial charge >= 0.3 is 0 Å². The van der Waals surface area contributed by atoms with E-state index in [4.69, 9.17) is 4.74 Å². The van der Waals surface area contributed by atoms with E-state index >= 15 is 0 Å². The van der Waals surface area contributed by atoms with Crippen LogP contribution in [0.4, 0.5) is 0 Å². The van der Waals surface area contributed by atoms with Crippen molar-refractivity contribution >= 4 is 0 Å². The number of hydrogen-bond donors (Lipinski definition) is 1. The molecular weight excluding hydrogens is 164 g/mol. The lowest BCUT2D eigenvalue weighted by Crippen LogP contribution is -2.50. The minimum Gasteiger partial charge on any atom is -0.387 e. The van der Waals surface area contributed by atoms with Gasteiger partial charge in [0.25, 0.3) is 0 Å². The third-order valence-corrected chi connectivity index (χ3v) is 4.00. The highest BCUT2D eigenvalue weighted by Gasteiger charge is 2.49. The van der Waals surface area contributed by atoms with Crippen molar-refractivity contribution in [3.63, 3.8) is 0 Å². The first kappa shape index (κ1) is 9.47. The first-order valence-corrected chi connectivity index (χ1v) is 5.54. The molecule has 2 bridgehead atoms. The Hall–Kier alpha value is -0.0800. The zero-order valence-corrected chi connectivity index (χ0v) is 8.62. The van der Waals surface area contributed by atoms with Crippen molar-refractivity contribution in [1.29, 1.82) is 0 Å². The van der Waals surface area contributed by atoms with Crippen molar-refractivity contribution in [2.45, 2.75) is 63.8 Å². The quantitative estimate of drug-likeness (QED) is 0.712. The molecule has 0 aliphatic carbocycles. The number of rotatable bonds is 2. The SMILES string of the molecule is CCC(C)C1(O)CCC2CCC1O2. The van der Waals surface area contributed by atoms with Crippen molar-refractivity contribution in [2.75, 3.05) is 0 Å². The first-order chi connectivity index (χ1) is 6.16. The first-order valence-electron chi connectivity index (χ1n) is 5.54. The van der Waals surface area contributed by atoms with E-state index in [-0.39, 0.29) is 6.10 Å². The predicted octanol–water partition coefficient (Wildman–Crippen LogP) is 2.10. The maximum atomic E-state index is 10.5. The normalized spacial score (nSPS) is 46.4. The molecule has 76 valence electrons. The maximum absolute atomic E-state index is 10.5. The van der Waals surface area contributed by atoms with Crippen molar-refractivity contribution in [1.82, 2.24) is 0 Å². The Balaban J connectivity index is 2.12. The van der Waals surface area contributed by atoms with E-state index in [9.17, 15) is 5.11 Å². The van der Waals surface area contributed by atoms with Crippen molar-refractivity contribution in [3.8, 4) is 0 Å². The number of hydrogen-bond acceptors (Lipinski definition) is 2. The highest BCUT2D eigenvalue weighted by Crippen LogP contribution is 2.43. The third kappa shape index (κ3) is 1.40. The maximum Gasteiger partial charge on any atom is 0.0934 e. The van der Waals surface area contributed by atoms with Crippen LogP contribution in [-0.2, 0) is 4.74 Å². The van der Waals surface area contributed by atoms with Crippen LogP contribution in [0, 0.1) is 5.92 Å². The fourth-order valence-corrected chi connectivity index (χ4v) is 2.76. The van der Waals surface area contributed by atoms with E-state index in [0.29, 0.717) is 12.0 Å². The Morgan fingerprint density at radius 3 is 2.92 bits per heavy atom. The number of aliphatic hydroxyl groups is 1. The fourth-order valence-electron chi connectivity index (χ4n) is 2.76. The summed E-state index contributed by atoms with van der Waals surface area (Å²) in [6, 6.07) is 0. The molecule has 0 aromatic heterocycles. The lowest BCUT2D eigenvalue weighted by Gasteiger charge is -2.42. The van der Waals surface area contributed by atoms with Crippen LogP contribution in [0.25, 0.3) is 0 Å². The predicted molar refractivity (Wildman–Crippen MR) is 51.5 cm³/mol. The average molecular weight is 184 g/mol. The Bertz CT molecular complexity index is 193. The summed E-state index contributed by atoms with van der Waals surface area (Å²) in [6.07, 6.45) is 5.83. The summed E-state index contributed by atoms with van der Waals surface area (Å²) in [5.74, 6) is 0.372. The van der Waals surface area contributed by atoms with E-state index in [1.807, 2.05) is 0 Å². The highest BCUT2D eigenvalue weighted by atomic mass is 16.5. The molecule has 2 saturated heterocycles. The topological polar surface area (TPSA) is 29.5 Å². The summed E-state index contributed by atoms with van der Waals surface area (Å²) in [6.45, 7) is 4.28.